The Labute approximate surface area is 181 Å². The molecule has 2 atom stereocenters. The zero-order chi connectivity index (χ0) is 20.9. The highest BCUT2D eigenvalue weighted by molar-refractivity contribution is 6.39. The zero-order valence-corrected chi connectivity index (χ0v) is 21.8. The molecular weight excluding hydrogens is 356 g/mol. The van der Waals surface area contributed by atoms with Gasteiger partial charge in [-0.1, -0.05) is 142 Å². The minimum absolute atomic E-state index is 0.316. The van der Waals surface area contributed by atoms with Gasteiger partial charge in [0.2, 0.25) is 0 Å². The molecule has 0 saturated heterocycles. The maximum absolute atomic E-state index is 10.8. The van der Waals surface area contributed by atoms with Gasteiger partial charge in [0.25, 0.3) is 0 Å². The fraction of sp³-hybridized carbons (Fsp3) is 1.00. The van der Waals surface area contributed by atoms with Gasteiger partial charge >= 0.3 is 0 Å². The molecule has 0 aliphatic heterocycles. The third-order valence-electron chi connectivity index (χ3n) is 6.84. The van der Waals surface area contributed by atoms with Crippen LogP contribution < -0.4 is 0 Å². The van der Waals surface area contributed by atoms with Crippen LogP contribution in [0, 0.1) is 5.92 Å². The maximum Gasteiger partial charge on any atom is 0.0591 e. The van der Waals surface area contributed by atoms with Crippen LogP contribution in [0.25, 0.3) is 0 Å². The number of hydrogen-bond donors (Lipinski definition) is 1. The van der Waals surface area contributed by atoms with E-state index in [1.807, 2.05) is 0 Å². The third kappa shape index (κ3) is 18.2. The molecule has 0 aromatic rings. The molecule has 0 saturated carbocycles. The zero-order valence-electron chi connectivity index (χ0n) is 20.4. The summed E-state index contributed by atoms with van der Waals surface area (Å²) in [7, 11) is -0.350. The first-order chi connectivity index (χ1) is 13.5. The third-order valence-corrected chi connectivity index (χ3v) is 9.40. The molecule has 2 unspecified atom stereocenters. The maximum atomic E-state index is 10.8. The predicted molar refractivity (Wildman–Crippen MR) is 132 cm³/mol. The van der Waals surface area contributed by atoms with E-state index < -0.39 is 0 Å². The molecule has 0 aromatic heterocycles. The summed E-state index contributed by atoms with van der Waals surface area (Å²) in [6.45, 7) is 8.95. The molecular formula is C26H56OSi. The van der Waals surface area contributed by atoms with E-state index >= 15 is 0 Å². The fourth-order valence-electron chi connectivity index (χ4n) is 4.29. The second kappa shape index (κ2) is 20.4. The number of unbranched alkanes of at least 4 members (excludes halogenated alkanes) is 16. The van der Waals surface area contributed by atoms with Gasteiger partial charge in [0.15, 0.2) is 0 Å². The topological polar surface area (TPSA) is 20.2 Å². The number of rotatable bonds is 22. The molecule has 1 nitrogen and oxygen atoms in total. The Bertz CT molecular complexity index is 303. The first kappa shape index (κ1) is 28.2. The molecule has 0 rings (SSSR count). The SMILES string of the molecule is CCCCCCCCCCCCCCCCC[SiH2]C(C)(O)C(C)CCCCC. The molecule has 0 bridgehead atoms. The molecule has 28 heavy (non-hydrogen) atoms. The van der Waals surface area contributed by atoms with Crippen LogP contribution in [0.15, 0.2) is 0 Å². The van der Waals surface area contributed by atoms with Crippen LogP contribution in [0.3, 0.4) is 0 Å². The van der Waals surface area contributed by atoms with Gasteiger partial charge in [0, 0.05) is 5.22 Å². The van der Waals surface area contributed by atoms with Crippen LogP contribution in [-0.2, 0) is 0 Å². The molecule has 0 heterocycles. The molecule has 2 heteroatoms. The standard InChI is InChI=1S/C26H56OSi/c1-5-7-9-10-11-12-13-14-15-16-17-18-19-20-22-24-28-26(4,27)25(3)23-21-8-6-2/h25,27H,5-24,28H2,1-4H3. The van der Waals surface area contributed by atoms with E-state index in [4.69, 9.17) is 0 Å². The van der Waals surface area contributed by atoms with E-state index in [9.17, 15) is 5.11 Å². The lowest BCUT2D eigenvalue weighted by Gasteiger charge is -2.30. The van der Waals surface area contributed by atoms with Crippen molar-refractivity contribution in [3.05, 3.63) is 0 Å². The van der Waals surface area contributed by atoms with Gasteiger partial charge in [-0.15, -0.1) is 0 Å². The van der Waals surface area contributed by atoms with Crippen LogP contribution in [0.2, 0.25) is 6.04 Å². The average Bonchev–Trinajstić information content (AvgIpc) is 2.67. The summed E-state index contributed by atoms with van der Waals surface area (Å²) in [5.74, 6) is 0.502. The predicted octanol–water partition coefficient (Wildman–Crippen LogP) is 8.37. The quantitative estimate of drug-likeness (QED) is 0.140. The van der Waals surface area contributed by atoms with Crippen molar-refractivity contribution in [1.29, 1.82) is 0 Å². The van der Waals surface area contributed by atoms with E-state index in [-0.39, 0.29) is 14.7 Å². The molecule has 0 spiro atoms. The first-order valence-electron chi connectivity index (χ1n) is 13.3. The summed E-state index contributed by atoms with van der Waals surface area (Å²) in [4.78, 5) is 0. The van der Waals surface area contributed by atoms with Gasteiger partial charge < -0.3 is 5.11 Å². The molecule has 0 radical (unpaired) electrons. The van der Waals surface area contributed by atoms with Crippen LogP contribution in [-0.4, -0.2) is 19.9 Å². The highest BCUT2D eigenvalue weighted by atomic mass is 28.2. The highest BCUT2D eigenvalue weighted by Gasteiger charge is 2.27. The molecule has 0 aliphatic rings. The van der Waals surface area contributed by atoms with Gasteiger partial charge in [-0.3, -0.25) is 0 Å². The van der Waals surface area contributed by atoms with E-state index in [0.717, 1.165) is 0 Å². The molecule has 0 fully saturated rings. The van der Waals surface area contributed by atoms with E-state index in [0.29, 0.717) is 5.92 Å². The smallest absolute Gasteiger partial charge is 0.0591 e. The Morgan fingerprint density at radius 3 is 1.39 bits per heavy atom. The molecule has 0 aromatic carbocycles. The van der Waals surface area contributed by atoms with Gasteiger partial charge in [-0.25, -0.2) is 0 Å². The van der Waals surface area contributed by atoms with Crippen molar-refractivity contribution in [2.24, 2.45) is 5.92 Å². The second-order valence-electron chi connectivity index (χ2n) is 9.81. The normalized spacial score (nSPS) is 15.3. The summed E-state index contributed by atoms with van der Waals surface area (Å²) >= 11 is 0. The number of hydrogen-bond acceptors (Lipinski definition) is 1. The molecule has 0 amide bonds. The summed E-state index contributed by atoms with van der Waals surface area (Å²) in [6.07, 6.45) is 26.6. The largest absolute Gasteiger partial charge is 0.394 e. The Kier molecular flexibility index (Phi) is 20.6. The van der Waals surface area contributed by atoms with Crippen molar-refractivity contribution < 1.29 is 5.11 Å². The lowest BCUT2D eigenvalue weighted by Crippen LogP contribution is -2.39. The minimum Gasteiger partial charge on any atom is -0.394 e. The van der Waals surface area contributed by atoms with Crippen molar-refractivity contribution in [2.45, 2.75) is 161 Å². The van der Waals surface area contributed by atoms with Crippen molar-refractivity contribution in [1.82, 2.24) is 0 Å². The summed E-state index contributed by atoms with van der Waals surface area (Å²) in [5, 5.41) is 10.4. The Morgan fingerprint density at radius 2 is 0.964 bits per heavy atom. The summed E-state index contributed by atoms with van der Waals surface area (Å²) in [6, 6.07) is 1.34. The van der Waals surface area contributed by atoms with Crippen molar-refractivity contribution in [3.8, 4) is 0 Å². The molecule has 1 N–H and O–H groups in total. The second-order valence-corrected chi connectivity index (χ2v) is 12.4. The number of aliphatic hydroxyl groups is 1. The van der Waals surface area contributed by atoms with E-state index in [1.165, 1.54) is 128 Å². The molecule has 170 valence electrons. The fourth-order valence-corrected chi connectivity index (χ4v) is 6.31. The first-order valence-corrected chi connectivity index (χ1v) is 15.0. The van der Waals surface area contributed by atoms with Gasteiger partial charge in [0.1, 0.15) is 0 Å². The summed E-state index contributed by atoms with van der Waals surface area (Å²) < 4.78 is 0. The van der Waals surface area contributed by atoms with Gasteiger partial charge in [0.05, 0.1) is 9.52 Å². The van der Waals surface area contributed by atoms with Crippen molar-refractivity contribution >= 4 is 9.52 Å². The lowest BCUT2D eigenvalue weighted by atomic mass is 9.98. The lowest BCUT2D eigenvalue weighted by molar-refractivity contribution is 0.0794. The van der Waals surface area contributed by atoms with Crippen LogP contribution in [0.4, 0.5) is 0 Å². The summed E-state index contributed by atoms with van der Waals surface area (Å²) in [5.41, 5.74) is 0. The van der Waals surface area contributed by atoms with E-state index in [1.54, 1.807) is 0 Å². The minimum atomic E-state index is -0.350. The van der Waals surface area contributed by atoms with Gasteiger partial charge in [-0.05, 0) is 19.3 Å². The van der Waals surface area contributed by atoms with Crippen LogP contribution in [0.5, 0.6) is 0 Å². The Balaban J connectivity index is 3.32. The van der Waals surface area contributed by atoms with Gasteiger partial charge in [-0.2, -0.15) is 0 Å². The monoisotopic (exact) mass is 412 g/mol. The Hall–Kier alpha value is 0.177. The van der Waals surface area contributed by atoms with Crippen molar-refractivity contribution in [3.63, 3.8) is 0 Å². The van der Waals surface area contributed by atoms with Crippen LogP contribution >= 0.6 is 0 Å². The Morgan fingerprint density at radius 1 is 0.607 bits per heavy atom. The van der Waals surface area contributed by atoms with Crippen molar-refractivity contribution in [2.75, 3.05) is 0 Å². The van der Waals surface area contributed by atoms with Crippen LogP contribution in [0.1, 0.15) is 150 Å². The highest BCUT2D eigenvalue weighted by Crippen LogP contribution is 2.23. The molecule has 0 aliphatic carbocycles. The average molecular weight is 413 g/mol. The van der Waals surface area contributed by atoms with E-state index in [2.05, 4.69) is 27.7 Å².